The van der Waals surface area contributed by atoms with Gasteiger partial charge in [0.05, 0.1) is 5.56 Å². The molecule has 1 aromatic heterocycles. The molecule has 0 aliphatic rings. The maximum Gasteiger partial charge on any atom is 0.339 e. The highest BCUT2D eigenvalue weighted by Gasteiger charge is 2.26. The summed E-state index contributed by atoms with van der Waals surface area (Å²) in [5.41, 5.74) is 1.35. The van der Waals surface area contributed by atoms with E-state index in [-0.39, 0.29) is 5.78 Å². The van der Waals surface area contributed by atoms with Gasteiger partial charge in [-0.2, -0.15) is 0 Å². The molecule has 0 N–H and O–H groups in total. The number of esters is 1. The minimum atomic E-state index is -1.06. The Morgan fingerprint density at radius 1 is 0.840 bits per heavy atom. The standard InChI is InChI=1S/C20H14ClNO3/c21-17-8-6-15(7-9-17)19(18(23)14-4-2-1-3-5-14)25-20(24)16-10-12-22-13-11-16/h1-13,19H. The SMILES string of the molecule is O=C(OC(C(=O)c1ccccc1)c1ccc(Cl)cc1)c1ccncc1. The zero-order chi connectivity index (χ0) is 17.6. The van der Waals surface area contributed by atoms with Crippen LogP contribution >= 0.6 is 11.6 Å². The largest absolute Gasteiger partial charge is 0.445 e. The van der Waals surface area contributed by atoms with Crippen LogP contribution in [0.4, 0.5) is 0 Å². The lowest BCUT2D eigenvalue weighted by atomic mass is 10.00. The predicted octanol–water partition coefficient (Wildman–Crippen LogP) is 4.52. The average molecular weight is 352 g/mol. The van der Waals surface area contributed by atoms with Crippen molar-refractivity contribution in [3.63, 3.8) is 0 Å². The number of rotatable bonds is 5. The zero-order valence-corrected chi connectivity index (χ0v) is 13.9. The van der Waals surface area contributed by atoms with Crippen molar-refractivity contribution in [2.75, 3.05) is 0 Å². The Kier molecular flexibility index (Phi) is 5.21. The molecule has 0 spiro atoms. The molecule has 0 bridgehead atoms. The lowest BCUT2D eigenvalue weighted by Crippen LogP contribution is -2.20. The fraction of sp³-hybridized carbons (Fsp3) is 0.0500. The number of benzene rings is 2. The Balaban J connectivity index is 1.93. The number of carbonyl (C=O) groups excluding carboxylic acids is 2. The molecule has 3 aromatic rings. The van der Waals surface area contributed by atoms with Gasteiger partial charge < -0.3 is 4.74 Å². The molecular formula is C20H14ClNO3. The van der Waals surface area contributed by atoms with E-state index in [1.807, 2.05) is 6.07 Å². The molecule has 1 atom stereocenters. The molecular weight excluding hydrogens is 338 g/mol. The van der Waals surface area contributed by atoms with Crippen LogP contribution in [0.1, 0.15) is 32.4 Å². The lowest BCUT2D eigenvalue weighted by Gasteiger charge is -2.17. The lowest BCUT2D eigenvalue weighted by molar-refractivity contribution is 0.0280. The van der Waals surface area contributed by atoms with E-state index in [9.17, 15) is 9.59 Å². The highest BCUT2D eigenvalue weighted by Crippen LogP contribution is 2.25. The second-order valence-corrected chi connectivity index (χ2v) is 5.74. The first kappa shape index (κ1) is 16.9. The van der Waals surface area contributed by atoms with E-state index in [0.717, 1.165) is 0 Å². The number of ketones is 1. The summed E-state index contributed by atoms with van der Waals surface area (Å²) in [6.07, 6.45) is 1.93. The van der Waals surface area contributed by atoms with Gasteiger partial charge >= 0.3 is 5.97 Å². The van der Waals surface area contributed by atoms with Crippen molar-refractivity contribution in [2.24, 2.45) is 0 Å². The van der Waals surface area contributed by atoms with Crippen LogP contribution in [-0.4, -0.2) is 16.7 Å². The maximum atomic E-state index is 12.9. The first-order chi connectivity index (χ1) is 12.1. The number of nitrogens with zero attached hydrogens (tertiary/aromatic N) is 1. The molecule has 2 aromatic carbocycles. The molecule has 1 unspecified atom stereocenters. The molecule has 0 fully saturated rings. The van der Waals surface area contributed by atoms with Crippen molar-refractivity contribution in [1.82, 2.24) is 4.98 Å². The normalized spacial score (nSPS) is 11.6. The van der Waals surface area contributed by atoms with Crippen LogP contribution in [0.3, 0.4) is 0 Å². The van der Waals surface area contributed by atoms with Crippen molar-refractivity contribution in [3.05, 3.63) is 101 Å². The van der Waals surface area contributed by atoms with Gasteiger partial charge in [0.15, 0.2) is 6.10 Å². The summed E-state index contributed by atoms with van der Waals surface area (Å²) in [7, 11) is 0. The van der Waals surface area contributed by atoms with Gasteiger partial charge in [-0.05, 0) is 24.3 Å². The van der Waals surface area contributed by atoms with Gasteiger partial charge in [-0.3, -0.25) is 9.78 Å². The van der Waals surface area contributed by atoms with Gasteiger partial charge in [0.25, 0.3) is 0 Å². The summed E-state index contributed by atoms with van der Waals surface area (Å²) >= 11 is 5.91. The van der Waals surface area contributed by atoms with Crippen molar-refractivity contribution in [3.8, 4) is 0 Å². The minimum absolute atomic E-state index is 0.301. The molecule has 124 valence electrons. The van der Waals surface area contributed by atoms with Gasteiger partial charge in [0, 0.05) is 28.5 Å². The quantitative estimate of drug-likeness (QED) is 0.501. The number of hydrogen-bond donors (Lipinski definition) is 0. The fourth-order valence-electron chi connectivity index (χ4n) is 2.33. The number of hydrogen-bond acceptors (Lipinski definition) is 4. The van der Waals surface area contributed by atoms with Crippen molar-refractivity contribution in [2.45, 2.75) is 6.10 Å². The molecule has 0 aliphatic heterocycles. The molecule has 0 aliphatic carbocycles. The molecule has 1 heterocycles. The van der Waals surface area contributed by atoms with Crippen LogP contribution in [0.15, 0.2) is 79.1 Å². The molecule has 25 heavy (non-hydrogen) atoms. The Labute approximate surface area is 150 Å². The van der Waals surface area contributed by atoms with E-state index >= 15 is 0 Å². The van der Waals surface area contributed by atoms with Crippen LogP contribution in [0.5, 0.6) is 0 Å². The molecule has 5 heteroatoms. The van der Waals surface area contributed by atoms with Gasteiger partial charge in [-0.25, -0.2) is 4.79 Å². The van der Waals surface area contributed by atoms with Crippen LogP contribution in [0.25, 0.3) is 0 Å². The number of carbonyl (C=O) groups is 2. The maximum absolute atomic E-state index is 12.9. The Bertz CT molecular complexity index is 864. The summed E-state index contributed by atoms with van der Waals surface area (Å²) in [6, 6.07) is 18.4. The average Bonchev–Trinajstić information content (AvgIpc) is 2.67. The van der Waals surface area contributed by atoms with Gasteiger partial charge in [0.1, 0.15) is 0 Å². The number of aromatic nitrogens is 1. The van der Waals surface area contributed by atoms with E-state index in [1.165, 1.54) is 24.5 Å². The van der Waals surface area contributed by atoms with Crippen LogP contribution in [0.2, 0.25) is 5.02 Å². The molecule has 3 rings (SSSR count). The molecule has 4 nitrogen and oxygen atoms in total. The Hall–Kier alpha value is -2.98. The number of pyridine rings is 1. The number of halogens is 1. The molecule has 0 saturated heterocycles. The Morgan fingerprint density at radius 2 is 1.48 bits per heavy atom. The third-order valence-electron chi connectivity index (χ3n) is 3.61. The number of Topliss-reactive ketones (excluding diaryl/α,β-unsaturated/α-hetero) is 1. The van der Waals surface area contributed by atoms with Gasteiger partial charge in [-0.1, -0.05) is 54.1 Å². The summed E-state index contributed by atoms with van der Waals surface area (Å²) in [5, 5.41) is 0.537. The van der Waals surface area contributed by atoms with Crippen molar-refractivity contribution < 1.29 is 14.3 Å². The smallest absolute Gasteiger partial charge is 0.339 e. The van der Waals surface area contributed by atoms with Gasteiger partial charge in [0.2, 0.25) is 5.78 Å². The van der Waals surface area contributed by atoms with Crippen LogP contribution in [-0.2, 0) is 4.74 Å². The van der Waals surface area contributed by atoms with E-state index in [0.29, 0.717) is 21.7 Å². The summed E-state index contributed by atoms with van der Waals surface area (Å²) in [4.78, 5) is 29.1. The van der Waals surface area contributed by atoms with Crippen molar-refractivity contribution in [1.29, 1.82) is 0 Å². The first-order valence-electron chi connectivity index (χ1n) is 7.61. The first-order valence-corrected chi connectivity index (χ1v) is 7.98. The zero-order valence-electron chi connectivity index (χ0n) is 13.1. The summed E-state index contributed by atoms with van der Waals surface area (Å²) in [5.74, 6) is -0.892. The van der Waals surface area contributed by atoms with E-state index in [1.54, 1.807) is 48.5 Å². The van der Waals surface area contributed by atoms with E-state index in [4.69, 9.17) is 16.3 Å². The summed E-state index contributed by atoms with van der Waals surface area (Å²) < 4.78 is 5.52. The number of ether oxygens (including phenoxy) is 1. The highest BCUT2D eigenvalue weighted by atomic mass is 35.5. The molecule has 0 radical (unpaired) electrons. The second-order valence-electron chi connectivity index (χ2n) is 5.30. The van der Waals surface area contributed by atoms with Crippen LogP contribution in [0, 0.1) is 0 Å². The molecule has 0 amide bonds. The van der Waals surface area contributed by atoms with E-state index < -0.39 is 12.1 Å². The third-order valence-corrected chi connectivity index (χ3v) is 3.86. The predicted molar refractivity (Wildman–Crippen MR) is 94.6 cm³/mol. The summed E-state index contributed by atoms with van der Waals surface area (Å²) in [6.45, 7) is 0. The topological polar surface area (TPSA) is 56.3 Å². The van der Waals surface area contributed by atoms with Gasteiger partial charge in [-0.15, -0.1) is 0 Å². The monoisotopic (exact) mass is 351 g/mol. The van der Waals surface area contributed by atoms with Crippen LogP contribution < -0.4 is 0 Å². The van der Waals surface area contributed by atoms with E-state index in [2.05, 4.69) is 4.98 Å². The minimum Gasteiger partial charge on any atom is -0.445 e. The Morgan fingerprint density at radius 3 is 2.12 bits per heavy atom. The second kappa shape index (κ2) is 7.73. The van der Waals surface area contributed by atoms with Crippen molar-refractivity contribution >= 4 is 23.4 Å². The molecule has 0 saturated carbocycles. The highest BCUT2D eigenvalue weighted by molar-refractivity contribution is 6.30. The fourth-order valence-corrected chi connectivity index (χ4v) is 2.45. The third kappa shape index (κ3) is 4.11.